The topological polar surface area (TPSA) is 40.5 Å². The Balaban J connectivity index is 1.77. The summed E-state index contributed by atoms with van der Waals surface area (Å²) in [6.45, 7) is 0. The minimum Gasteiger partial charge on any atom is -0.304 e. The molecule has 2 aliphatic rings. The Morgan fingerprint density at radius 3 is 2.55 bits per heavy atom. The molecule has 3 unspecified atom stereocenters. The largest absolute Gasteiger partial charge is 0.304 e. The van der Waals surface area contributed by atoms with Crippen LogP contribution in [0.1, 0.15) is 23.1 Å². The minimum absolute atomic E-state index is 0.166. The molecule has 3 heterocycles. The van der Waals surface area contributed by atoms with Crippen LogP contribution in [0.2, 0.25) is 5.02 Å². The highest BCUT2D eigenvalue weighted by Gasteiger charge is 2.41. The van der Waals surface area contributed by atoms with Crippen LogP contribution in [0.15, 0.2) is 66.2 Å². The quantitative estimate of drug-likeness (QED) is 0.925. The van der Waals surface area contributed by atoms with Gasteiger partial charge in [-0.1, -0.05) is 23.7 Å². The van der Waals surface area contributed by atoms with E-state index in [4.69, 9.17) is 11.6 Å². The Labute approximate surface area is 134 Å². The van der Waals surface area contributed by atoms with E-state index < -0.39 is 0 Å². The number of aliphatic imine (C=N–C) groups is 1. The van der Waals surface area contributed by atoms with Gasteiger partial charge in [-0.3, -0.25) is 9.98 Å². The van der Waals surface area contributed by atoms with E-state index in [1.165, 1.54) is 11.1 Å². The van der Waals surface area contributed by atoms with Crippen LogP contribution in [0.3, 0.4) is 0 Å². The number of nitrogens with one attached hydrogen (secondary N) is 1. The van der Waals surface area contributed by atoms with Gasteiger partial charge in [0.15, 0.2) is 0 Å². The first-order valence-electron chi connectivity index (χ1n) is 7.23. The van der Waals surface area contributed by atoms with Gasteiger partial charge in [-0.25, -0.2) is 5.43 Å². The molecule has 1 fully saturated rings. The zero-order chi connectivity index (χ0) is 14.9. The summed E-state index contributed by atoms with van der Waals surface area (Å²) >= 11 is 6.02. The molecule has 1 N–H and O–H groups in total. The molecule has 0 amide bonds. The first kappa shape index (κ1) is 13.5. The van der Waals surface area contributed by atoms with E-state index in [1.54, 1.807) is 6.20 Å². The molecule has 5 heteroatoms. The number of hydrogen-bond acceptors (Lipinski definition) is 4. The van der Waals surface area contributed by atoms with Crippen LogP contribution < -0.4 is 5.43 Å². The van der Waals surface area contributed by atoms with E-state index >= 15 is 0 Å². The van der Waals surface area contributed by atoms with Gasteiger partial charge in [0.2, 0.25) is 0 Å². The predicted octanol–water partition coefficient (Wildman–Crippen LogP) is 3.30. The third-order valence-corrected chi connectivity index (χ3v) is 4.46. The lowest BCUT2D eigenvalue weighted by atomic mass is 9.84. The summed E-state index contributed by atoms with van der Waals surface area (Å²) in [6, 6.07) is 12.5. The lowest BCUT2D eigenvalue weighted by Crippen LogP contribution is -2.35. The highest BCUT2D eigenvalue weighted by atomic mass is 35.5. The van der Waals surface area contributed by atoms with E-state index in [9.17, 15) is 0 Å². The monoisotopic (exact) mass is 310 g/mol. The second-order valence-corrected chi connectivity index (χ2v) is 5.90. The molecule has 0 spiro atoms. The Kier molecular flexibility index (Phi) is 3.41. The third kappa shape index (κ3) is 2.30. The Morgan fingerprint density at radius 1 is 1.00 bits per heavy atom. The number of pyridine rings is 1. The average Bonchev–Trinajstić information content (AvgIpc) is 2.96. The first-order valence-corrected chi connectivity index (χ1v) is 7.60. The standard InChI is InChI=1S/C17H15ClN4/c18-14-3-1-13(2-4-14)17-16(12-5-7-19-8-6-12)15-11-20-9-10-22(15)21-17/h1-11,15-17,21H. The fourth-order valence-electron chi connectivity index (χ4n) is 3.18. The van der Waals surface area contributed by atoms with E-state index in [2.05, 4.69) is 44.7 Å². The van der Waals surface area contributed by atoms with Crippen LogP contribution in [0.4, 0.5) is 0 Å². The van der Waals surface area contributed by atoms with Crippen molar-refractivity contribution in [2.75, 3.05) is 0 Å². The maximum absolute atomic E-state index is 6.02. The number of hydrogen-bond donors (Lipinski definition) is 1. The summed E-state index contributed by atoms with van der Waals surface area (Å²) in [5.74, 6) is 0.262. The summed E-state index contributed by atoms with van der Waals surface area (Å²) in [7, 11) is 0. The van der Waals surface area contributed by atoms with Crippen molar-refractivity contribution in [3.05, 3.63) is 77.3 Å². The van der Waals surface area contributed by atoms with Gasteiger partial charge in [-0.05, 0) is 35.4 Å². The van der Waals surface area contributed by atoms with Crippen molar-refractivity contribution in [1.82, 2.24) is 15.4 Å². The maximum Gasteiger partial charge on any atom is 0.0887 e. The summed E-state index contributed by atoms with van der Waals surface area (Å²) in [5.41, 5.74) is 6.03. The molecule has 1 aromatic carbocycles. The van der Waals surface area contributed by atoms with Crippen LogP contribution in [0.5, 0.6) is 0 Å². The molecule has 1 saturated heterocycles. The molecule has 0 saturated carbocycles. The van der Waals surface area contributed by atoms with E-state index in [0.717, 1.165) is 5.02 Å². The third-order valence-electron chi connectivity index (χ3n) is 4.21. The molecule has 1 aromatic heterocycles. The van der Waals surface area contributed by atoms with Crippen molar-refractivity contribution in [3.63, 3.8) is 0 Å². The number of halogens is 1. The predicted molar refractivity (Wildman–Crippen MR) is 87.6 cm³/mol. The van der Waals surface area contributed by atoms with Gasteiger partial charge in [-0.15, -0.1) is 0 Å². The molecule has 0 bridgehead atoms. The summed E-state index contributed by atoms with van der Waals surface area (Å²) in [5, 5.41) is 2.87. The van der Waals surface area contributed by atoms with Crippen LogP contribution in [-0.4, -0.2) is 22.2 Å². The second kappa shape index (κ2) is 5.55. The van der Waals surface area contributed by atoms with Gasteiger partial charge in [0, 0.05) is 41.9 Å². The number of rotatable bonds is 2. The normalized spacial score (nSPS) is 26.2. The smallest absolute Gasteiger partial charge is 0.0887 e. The average molecular weight is 311 g/mol. The summed E-state index contributed by atoms with van der Waals surface area (Å²) < 4.78 is 0. The first-order chi connectivity index (χ1) is 10.8. The fourth-order valence-corrected chi connectivity index (χ4v) is 3.31. The molecule has 4 nitrogen and oxygen atoms in total. The molecule has 0 radical (unpaired) electrons. The Morgan fingerprint density at radius 2 is 1.77 bits per heavy atom. The second-order valence-electron chi connectivity index (χ2n) is 5.46. The van der Waals surface area contributed by atoms with Gasteiger partial charge < -0.3 is 5.01 Å². The number of benzene rings is 1. The molecule has 3 atom stereocenters. The molecule has 2 aromatic rings. The van der Waals surface area contributed by atoms with Crippen molar-refractivity contribution < 1.29 is 0 Å². The molecule has 4 rings (SSSR count). The van der Waals surface area contributed by atoms with E-state index in [-0.39, 0.29) is 18.0 Å². The maximum atomic E-state index is 6.02. The van der Waals surface area contributed by atoms with Gasteiger partial charge in [-0.2, -0.15) is 0 Å². The van der Waals surface area contributed by atoms with Crippen molar-refractivity contribution >= 4 is 17.8 Å². The molecule has 0 aliphatic carbocycles. The van der Waals surface area contributed by atoms with Crippen LogP contribution >= 0.6 is 11.6 Å². The highest BCUT2D eigenvalue weighted by Crippen LogP contribution is 2.41. The van der Waals surface area contributed by atoms with Crippen molar-refractivity contribution in [2.24, 2.45) is 4.99 Å². The van der Waals surface area contributed by atoms with Gasteiger partial charge >= 0.3 is 0 Å². The number of aromatic nitrogens is 1. The fraction of sp³-hybridized carbons (Fsp3) is 0.176. The van der Waals surface area contributed by atoms with Gasteiger partial charge in [0.05, 0.1) is 12.1 Å². The lowest BCUT2D eigenvalue weighted by molar-refractivity contribution is 0.302. The summed E-state index contributed by atoms with van der Waals surface area (Å²) in [6.07, 6.45) is 9.46. The summed E-state index contributed by atoms with van der Waals surface area (Å²) in [4.78, 5) is 8.44. The zero-order valence-corrected chi connectivity index (χ0v) is 12.6. The minimum atomic E-state index is 0.166. The van der Waals surface area contributed by atoms with Crippen LogP contribution in [0, 0.1) is 0 Å². The van der Waals surface area contributed by atoms with Crippen molar-refractivity contribution in [1.29, 1.82) is 0 Å². The Bertz CT molecular complexity index is 711. The number of nitrogens with zero attached hydrogens (tertiary/aromatic N) is 3. The molecular formula is C17H15ClN4. The van der Waals surface area contributed by atoms with Crippen molar-refractivity contribution in [2.45, 2.75) is 18.0 Å². The Hall–Kier alpha value is -2.17. The van der Waals surface area contributed by atoms with Gasteiger partial charge in [0.1, 0.15) is 0 Å². The number of fused-ring (bicyclic) bond motifs is 1. The molecule has 2 aliphatic heterocycles. The SMILES string of the molecule is Clc1ccc(C2NN3C=CN=CC3C2c2ccncc2)cc1. The zero-order valence-electron chi connectivity index (χ0n) is 11.8. The molecular weight excluding hydrogens is 296 g/mol. The van der Waals surface area contributed by atoms with Gasteiger partial charge in [0.25, 0.3) is 0 Å². The lowest BCUT2D eigenvalue weighted by Gasteiger charge is -2.24. The highest BCUT2D eigenvalue weighted by molar-refractivity contribution is 6.30. The van der Waals surface area contributed by atoms with E-state index in [0.29, 0.717) is 0 Å². The van der Waals surface area contributed by atoms with Crippen molar-refractivity contribution in [3.8, 4) is 0 Å². The molecule has 22 heavy (non-hydrogen) atoms. The van der Waals surface area contributed by atoms with E-state index in [1.807, 2.05) is 36.9 Å². The molecule has 110 valence electrons. The van der Waals surface area contributed by atoms with Crippen LogP contribution in [-0.2, 0) is 0 Å². The van der Waals surface area contributed by atoms with Crippen LogP contribution in [0.25, 0.3) is 0 Å². The number of hydrazine groups is 1.